The summed E-state index contributed by atoms with van der Waals surface area (Å²) in [6.45, 7) is 0. The van der Waals surface area contributed by atoms with Crippen LogP contribution in [0, 0.1) is 11.3 Å². The van der Waals surface area contributed by atoms with Gasteiger partial charge in [-0.15, -0.1) is 0 Å². The van der Waals surface area contributed by atoms with E-state index < -0.39 is 0 Å². The van der Waals surface area contributed by atoms with Crippen LogP contribution in [0.25, 0.3) is 109 Å². The molecule has 244 valence electrons. The van der Waals surface area contributed by atoms with Gasteiger partial charge in [0.15, 0.2) is 0 Å². The van der Waals surface area contributed by atoms with Crippen LogP contribution in [0.2, 0.25) is 0 Å². The predicted octanol–water partition coefficient (Wildman–Crippen LogP) is 13.6. The second-order valence-corrected chi connectivity index (χ2v) is 13.8. The second-order valence-electron chi connectivity index (χ2n) is 13.8. The van der Waals surface area contributed by atoms with E-state index in [9.17, 15) is 5.26 Å². The van der Waals surface area contributed by atoms with Crippen LogP contribution in [-0.4, -0.2) is 4.98 Å². The normalized spacial score (nSPS) is 11.8. The lowest BCUT2D eigenvalue weighted by atomic mass is 9.82. The summed E-state index contributed by atoms with van der Waals surface area (Å²) in [6.07, 6.45) is 3.82. The first kappa shape index (κ1) is 29.5. The van der Waals surface area contributed by atoms with Crippen molar-refractivity contribution in [3.63, 3.8) is 0 Å². The molecule has 0 unspecified atom stereocenters. The fraction of sp³-hybridized carbons (Fsp3) is 0. The Labute approximate surface area is 304 Å². The van der Waals surface area contributed by atoms with Crippen LogP contribution < -0.4 is 0 Å². The lowest BCUT2D eigenvalue weighted by Gasteiger charge is -2.20. The summed E-state index contributed by atoms with van der Waals surface area (Å²) in [5.74, 6) is 0. The molecular formula is C50H28N2O. The maximum atomic E-state index is 9.73. The zero-order valence-electron chi connectivity index (χ0n) is 28.5. The number of nitriles is 1. The van der Waals surface area contributed by atoms with Crippen molar-refractivity contribution in [3.8, 4) is 39.4 Å². The van der Waals surface area contributed by atoms with Crippen molar-refractivity contribution in [2.45, 2.75) is 0 Å². The van der Waals surface area contributed by atoms with Crippen molar-refractivity contribution in [1.29, 1.82) is 5.26 Å². The van der Waals surface area contributed by atoms with Crippen molar-refractivity contribution in [2.24, 2.45) is 0 Å². The Kier molecular flexibility index (Phi) is 6.32. The Hall–Kier alpha value is -7.28. The monoisotopic (exact) mass is 672 g/mol. The van der Waals surface area contributed by atoms with E-state index in [-0.39, 0.29) is 0 Å². The van der Waals surface area contributed by atoms with E-state index in [1.165, 1.54) is 5.39 Å². The summed E-state index contributed by atoms with van der Waals surface area (Å²) in [5.41, 5.74) is 9.19. The van der Waals surface area contributed by atoms with Crippen LogP contribution in [0.3, 0.4) is 0 Å². The average Bonchev–Trinajstić information content (AvgIpc) is 3.59. The number of benzene rings is 9. The fourth-order valence-corrected chi connectivity index (χ4v) is 8.53. The number of fused-ring (bicyclic) bond motifs is 8. The third-order valence-electron chi connectivity index (χ3n) is 10.9. The number of pyridine rings is 1. The van der Waals surface area contributed by atoms with Gasteiger partial charge in [0.05, 0.1) is 11.6 Å². The zero-order valence-corrected chi connectivity index (χ0v) is 28.5. The SMILES string of the molecule is N#Cc1ccc2ccc(-c3c4ccccc4c(-c4c5ccccc5cc5c4oc4ccccc45)c4cc(-c5cccc6ccncc56)ccc34)cc2c1. The third-order valence-corrected chi connectivity index (χ3v) is 10.9. The molecule has 2 heterocycles. The largest absolute Gasteiger partial charge is 0.455 e. The van der Waals surface area contributed by atoms with Gasteiger partial charge in [-0.1, -0.05) is 115 Å². The van der Waals surface area contributed by atoms with Gasteiger partial charge in [0.25, 0.3) is 0 Å². The minimum absolute atomic E-state index is 0.653. The van der Waals surface area contributed by atoms with Gasteiger partial charge in [0.2, 0.25) is 0 Å². The number of hydrogen-bond acceptors (Lipinski definition) is 3. The molecule has 0 saturated heterocycles. The molecule has 0 aliphatic rings. The van der Waals surface area contributed by atoms with Gasteiger partial charge in [-0.05, 0) is 113 Å². The van der Waals surface area contributed by atoms with Crippen molar-refractivity contribution in [1.82, 2.24) is 4.98 Å². The molecular weight excluding hydrogens is 645 g/mol. The van der Waals surface area contributed by atoms with Gasteiger partial charge in [-0.3, -0.25) is 4.98 Å². The molecule has 3 nitrogen and oxygen atoms in total. The van der Waals surface area contributed by atoms with Crippen molar-refractivity contribution in [2.75, 3.05) is 0 Å². The lowest BCUT2D eigenvalue weighted by molar-refractivity contribution is 0.670. The summed E-state index contributed by atoms with van der Waals surface area (Å²) >= 11 is 0. The summed E-state index contributed by atoms with van der Waals surface area (Å²) in [4.78, 5) is 4.51. The number of hydrogen-bond donors (Lipinski definition) is 0. The first-order chi connectivity index (χ1) is 26.2. The number of aromatic nitrogens is 1. The van der Waals surface area contributed by atoms with Crippen LogP contribution >= 0.6 is 0 Å². The van der Waals surface area contributed by atoms with Crippen LogP contribution in [0.5, 0.6) is 0 Å². The molecule has 0 fully saturated rings. The molecule has 0 radical (unpaired) electrons. The molecule has 11 aromatic rings. The molecule has 2 aromatic heterocycles. The first-order valence-corrected chi connectivity index (χ1v) is 17.8. The Morgan fingerprint density at radius 3 is 2.06 bits per heavy atom. The summed E-state index contributed by atoms with van der Waals surface area (Å²) in [7, 11) is 0. The molecule has 0 aliphatic heterocycles. The Bertz CT molecular complexity index is 3360. The number of para-hydroxylation sites is 1. The third kappa shape index (κ3) is 4.43. The Balaban J connectivity index is 1.34. The number of furan rings is 1. The topological polar surface area (TPSA) is 49.8 Å². The smallest absolute Gasteiger partial charge is 0.143 e. The quantitative estimate of drug-likeness (QED) is 0.176. The van der Waals surface area contributed by atoms with E-state index >= 15 is 0 Å². The summed E-state index contributed by atoms with van der Waals surface area (Å²) in [6, 6.07) is 58.3. The molecule has 9 aromatic carbocycles. The van der Waals surface area contributed by atoms with E-state index in [2.05, 4.69) is 145 Å². The molecule has 0 N–H and O–H groups in total. The highest BCUT2D eigenvalue weighted by molar-refractivity contribution is 6.29. The zero-order chi connectivity index (χ0) is 35.0. The van der Waals surface area contributed by atoms with Gasteiger partial charge in [-0.2, -0.15) is 5.26 Å². The molecule has 0 saturated carbocycles. The van der Waals surface area contributed by atoms with Gasteiger partial charge in [0.1, 0.15) is 11.2 Å². The predicted molar refractivity (Wildman–Crippen MR) is 220 cm³/mol. The molecule has 0 amide bonds. The minimum Gasteiger partial charge on any atom is -0.455 e. The van der Waals surface area contributed by atoms with Gasteiger partial charge < -0.3 is 4.42 Å². The molecule has 0 bridgehead atoms. The van der Waals surface area contributed by atoms with E-state index in [4.69, 9.17) is 4.42 Å². The van der Waals surface area contributed by atoms with Crippen LogP contribution in [0.15, 0.2) is 175 Å². The fourth-order valence-electron chi connectivity index (χ4n) is 8.53. The Morgan fingerprint density at radius 1 is 0.434 bits per heavy atom. The first-order valence-electron chi connectivity index (χ1n) is 17.8. The average molecular weight is 673 g/mol. The molecule has 11 rings (SSSR count). The van der Waals surface area contributed by atoms with Crippen LogP contribution in [-0.2, 0) is 0 Å². The Morgan fingerprint density at radius 2 is 1.17 bits per heavy atom. The maximum absolute atomic E-state index is 9.73. The maximum Gasteiger partial charge on any atom is 0.143 e. The highest BCUT2D eigenvalue weighted by Crippen LogP contribution is 2.50. The van der Waals surface area contributed by atoms with Crippen LogP contribution in [0.1, 0.15) is 5.56 Å². The van der Waals surface area contributed by atoms with Gasteiger partial charge >= 0.3 is 0 Å². The van der Waals surface area contributed by atoms with Gasteiger partial charge in [0, 0.05) is 39.7 Å². The van der Waals surface area contributed by atoms with E-state index in [0.717, 1.165) is 104 Å². The summed E-state index contributed by atoms with van der Waals surface area (Å²) in [5, 5.41) is 23.3. The van der Waals surface area contributed by atoms with E-state index in [0.29, 0.717) is 5.56 Å². The molecule has 0 spiro atoms. The lowest BCUT2D eigenvalue weighted by Crippen LogP contribution is -1.93. The highest BCUT2D eigenvalue weighted by atomic mass is 16.3. The minimum atomic E-state index is 0.653. The molecule has 53 heavy (non-hydrogen) atoms. The highest BCUT2D eigenvalue weighted by Gasteiger charge is 2.23. The standard InChI is InChI=1S/C50H28N2O/c51-28-30-16-17-31-18-19-35(25-36(31)24-30)47-40-12-3-4-13-41(40)48(43-26-34(20-21-42(43)47)37-14-7-9-32-22-23-52-29-45(32)37)49-38-10-2-1-8-33(38)27-44-39-11-5-6-15-46(39)53-50(44)49/h1-27,29H. The summed E-state index contributed by atoms with van der Waals surface area (Å²) < 4.78 is 6.87. The molecule has 3 heteroatoms. The number of nitrogens with zero attached hydrogens (tertiary/aromatic N) is 2. The van der Waals surface area contributed by atoms with Crippen molar-refractivity contribution in [3.05, 3.63) is 176 Å². The van der Waals surface area contributed by atoms with E-state index in [1.807, 2.05) is 36.7 Å². The van der Waals surface area contributed by atoms with Gasteiger partial charge in [-0.25, -0.2) is 0 Å². The molecule has 0 atom stereocenters. The van der Waals surface area contributed by atoms with E-state index in [1.54, 1.807) is 0 Å². The number of rotatable bonds is 3. The molecule has 0 aliphatic carbocycles. The van der Waals surface area contributed by atoms with Crippen molar-refractivity contribution >= 4 is 75.8 Å². The van der Waals surface area contributed by atoms with Crippen LogP contribution in [0.4, 0.5) is 0 Å². The second kappa shape index (κ2) is 11.4. The van der Waals surface area contributed by atoms with Crippen molar-refractivity contribution < 1.29 is 4.42 Å².